The van der Waals surface area contributed by atoms with Gasteiger partial charge in [0.1, 0.15) is 16.7 Å². The van der Waals surface area contributed by atoms with Crippen LogP contribution < -0.4 is 14.7 Å². The van der Waals surface area contributed by atoms with E-state index in [2.05, 4.69) is 289 Å². The Hall–Kier alpha value is -18.6. The molecule has 0 N–H and O–H groups in total. The van der Waals surface area contributed by atoms with Crippen LogP contribution in [0.15, 0.2) is 522 Å². The largest absolute Gasteiger partial charge is 0.454 e. The molecule has 0 saturated carbocycles. The van der Waals surface area contributed by atoms with Gasteiger partial charge in [-0.3, -0.25) is 0 Å². The van der Waals surface area contributed by atoms with E-state index in [9.17, 15) is 5.48 Å². The summed E-state index contributed by atoms with van der Waals surface area (Å²) in [5, 5.41) is 10.3. The second-order valence-corrected chi connectivity index (χ2v) is 40.5. The molecule has 0 aliphatic heterocycles. The lowest BCUT2D eigenvalue weighted by Gasteiger charge is -2.32. The zero-order chi connectivity index (χ0) is 114. The van der Waals surface area contributed by atoms with Crippen molar-refractivity contribution in [2.45, 2.75) is 64.7 Å². The first-order chi connectivity index (χ1) is 79.8. The molecule has 29 rings (SSSR count). The highest BCUT2D eigenvalue weighted by Gasteiger charge is 2.46. The SMILES string of the molecule is [2H]c1c([2H])c([2H])c(-c2ccc(N(c3ccc(-c4ccccc4)cc3)c3c4c(cc5c3oc3c(-c6cccc7ccccc67)cccc35)-c3ccccc3C4(C)C)cc2)c([2H])c1[2H].[2H]c1c([2H])c([2H])c(N(c2ccc(-c3ccccc3)cc2)c2c3c(cc4c2oc2c(-c5cccc6ccccc56)cccc24)-c2ccccc2C3(C)C)c([2H])c1[2H].[2H]c1c([2H])c([2H])c(N(c2ccc(-c3ccccc3)cc2)c2c3c(cc4c2oc2c(C)cccc24)-c2ccccc2C3(C)C)c([2H])c1[2H]. The van der Waals surface area contributed by atoms with Crippen LogP contribution in [-0.4, -0.2) is 0 Å². The molecule has 23 aromatic carbocycles. The molecule has 3 aliphatic carbocycles. The van der Waals surface area contributed by atoms with Gasteiger partial charge in [-0.25, -0.2) is 0 Å². The van der Waals surface area contributed by atoms with Gasteiger partial charge in [0.15, 0.2) is 16.7 Å². The van der Waals surface area contributed by atoms with Crippen molar-refractivity contribution in [3.05, 3.63) is 548 Å². The molecule has 0 fully saturated rings. The quantitative estimate of drug-likeness (QED) is 0.102. The number of benzene rings is 23. The number of fused-ring (bicyclic) bond motifs is 20. The molecular weight excluding hydrogens is 1820 g/mol. The molecule has 0 spiro atoms. The van der Waals surface area contributed by atoms with E-state index in [0.717, 1.165) is 210 Å². The monoisotopic (exact) mass is 1940 g/mol. The van der Waals surface area contributed by atoms with Gasteiger partial charge in [-0.1, -0.05) is 460 Å². The average Bonchev–Trinajstić information content (AvgIpc) is 1.54. The van der Waals surface area contributed by atoms with Crippen molar-refractivity contribution >= 4 is 139 Å². The topological polar surface area (TPSA) is 49.1 Å². The van der Waals surface area contributed by atoms with Crippen molar-refractivity contribution in [2.75, 3.05) is 14.7 Å². The number of aryl methyl sites for hydroxylation is 1. The van der Waals surface area contributed by atoms with Gasteiger partial charge in [-0.15, -0.1) is 0 Å². The van der Waals surface area contributed by atoms with Gasteiger partial charge in [0, 0.05) is 93.8 Å². The minimum Gasteiger partial charge on any atom is -0.454 e. The summed E-state index contributed by atoms with van der Waals surface area (Å²) < 4.78 is 153. The summed E-state index contributed by atoms with van der Waals surface area (Å²) >= 11 is 0. The van der Waals surface area contributed by atoms with E-state index in [4.69, 9.17) is 28.3 Å². The molecule has 3 aliphatic rings. The van der Waals surface area contributed by atoms with Crippen molar-refractivity contribution in [2.24, 2.45) is 0 Å². The zero-order valence-electron chi connectivity index (χ0n) is 98.4. The number of para-hydroxylation sites is 5. The van der Waals surface area contributed by atoms with Crippen LogP contribution in [0.3, 0.4) is 0 Å². The van der Waals surface area contributed by atoms with Gasteiger partial charge in [0.2, 0.25) is 0 Å². The highest BCUT2D eigenvalue weighted by Crippen LogP contribution is 2.63. The maximum absolute atomic E-state index is 9.36. The molecule has 3 aromatic heterocycles. The average molecular weight is 1940 g/mol. The van der Waals surface area contributed by atoms with Crippen LogP contribution in [0.5, 0.6) is 0 Å². The highest BCUT2D eigenvalue weighted by atomic mass is 16.3. The summed E-state index contributed by atoms with van der Waals surface area (Å²) in [6.45, 7) is 15.3. The minimum atomic E-state index is -0.553. The molecule has 0 atom stereocenters. The normalized spacial score (nSPS) is 14.5. The third-order valence-corrected chi connectivity index (χ3v) is 30.9. The van der Waals surface area contributed by atoms with E-state index >= 15 is 0 Å². The molecule has 150 heavy (non-hydrogen) atoms. The first kappa shape index (κ1) is 75.2. The summed E-state index contributed by atoms with van der Waals surface area (Å²) in [5.74, 6) is 0. The molecule has 6 heteroatoms. The standard InChI is InChI=1S/C55H39NO.C49H35NO.C40H31NO/c1-55(2)50-26-12-11-22-45(50)48-35-49-47-25-14-24-46(44-23-13-20-40-19-9-10-21-43(40)44)53(47)57-54(49)52(51(48)55)56(41-31-27-38(28-32-41)36-15-5-3-6-16-36)42-33-29-39(30-34-42)37-17-7-4-8-18-37;1-49(2)44-26-12-11-22-39(44)42-31-43-41-25-14-24-40(38-23-13-18-34-17-9-10-21-37(34)38)47(41)51-48(43)46(45(42)49)50(35-19-7-4-8-20-35)36-29-27-33(28-30-36)32-15-5-3-6-16-32;1-26-13-12-19-32-34-25-33-31-18-10-11-20-35(31)40(2,3)36(33)37(39(34)42-38(26)32)41(29-16-8-5-9-17-29)30-23-21-28(22-24-30)27-14-6-4-7-15-27/h3-35H,1-2H3;3-31H,1-2H3;4-25H,1-3H3/i3D,5D,6D,15D,16D;4D,7D,8D,19D,20D;5D,8D,9D,16D,17D. The summed E-state index contributed by atoms with van der Waals surface area (Å²) in [5.41, 5.74) is 33.4. The van der Waals surface area contributed by atoms with Gasteiger partial charge < -0.3 is 28.0 Å². The Labute approximate surface area is 894 Å². The lowest BCUT2D eigenvalue weighted by molar-refractivity contribution is 0.647. The second kappa shape index (κ2) is 36.2. The number of rotatable bonds is 15. The Balaban J connectivity index is 0.000000120. The van der Waals surface area contributed by atoms with Gasteiger partial charge in [0.25, 0.3) is 0 Å². The minimum absolute atomic E-state index is 0.0552. The highest BCUT2D eigenvalue weighted by molar-refractivity contribution is 6.22. The first-order valence-electron chi connectivity index (χ1n) is 58.3. The smallest absolute Gasteiger partial charge is 0.159 e. The van der Waals surface area contributed by atoms with E-state index < -0.39 is 58.5 Å². The Kier molecular flexibility index (Phi) is 18.2. The Morgan fingerprint density at radius 1 is 0.187 bits per heavy atom. The lowest BCUT2D eigenvalue weighted by Crippen LogP contribution is -2.21. The van der Waals surface area contributed by atoms with Gasteiger partial charge in [0.05, 0.1) is 37.6 Å². The van der Waals surface area contributed by atoms with Crippen molar-refractivity contribution in [3.8, 4) is 100 Å². The molecular formula is C144H105N3O3. The van der Waals surface area contributed by atoms with E-state index in [1.165, 1.54) is 11.1 Å². The number of hydrogen-bond donors (Lipinski definition) is 0. The summed E-state index contributed by atoms with van der Waals surface area (Å²) in [4.78, 5) is 5.96. The third kappa shape index (κ3) is 14.9. The molecule has 0 unspecified atom stereocenters. The first-order valence-corrected chi connectivity index (χ1v) is 50.8. The van der Waals surface area contributed by atoms with E-state index in [1.807, 2.05) is 193 Å². The predicted octanol–water partition coefficient (Wildman–Crippen LogP) is 40.7. The molecule has 26 aromatic rings. The number of anilines is 9. The Bertz CT molecular complexity index is 10700. The fourth-order valence-corrected chi connectivity index (χ4v) is 23.9. The summed E-state index contributed by atoms with van der Waals surface area (Å²) in [6.07, 6.45) is 0. The lowest BCUT2D eigenvalue weighted by atomic mass is 9.80. The van der Waals surface area contributed by atoms with Crippen LogP contribution in [0, 0.1) is 6.92 Å². The molecule has 6 nitrogen and oxygen atoms in total. The Morgan fingerprint density at radius 3 is 0.800 bits per heavy atom. The van der Waals surface area contributed by atoms with Crippen LogP contribution >= 0.6 is 0 Å². The van der Waals surface area contributed by atoms with E-state index in [0.29, 0.717) is 39.5 Å². The van der Waals surface area contributed by atoms with Crippen molar-refractivity contribution < 1.29 is 33.8 Å². The molecule has 3 heterocycles. The van der Waals surface area contributed by atoms with E-state index in [1.54, 1.807) is 0 Å². The zero-order valence-corrected chi connectivity index (χ0v) is 83.4. The van der Waals surface area contributed by atoms with Crippen LogP contribution in [-0.2, 0) is 16.2 Å². The number of hydrogen-bond acceptors (Lipinski definition) is 6. The predicted molar refractivity (Wildman–Crippen MR) is 630 cm³/mol. The molecule has 0 saturated heterocycles. The fourth-order valence-electron chi connectivity index (χ4n) is 23.9. The number of furan rings is 3. The van der Waals surface area contributed by atoms with Crippen LogP contribution in [0.1, 0.15) is 101 Å². The molecule has 0 amide bonds. The summed E-state index contributed by atoms with van der Waals surface area (Å²) in [6, 6.07) is 138. The van der Waals surface area contributed by atoms with E-state index in [-0.39, 0.29) is 65.3 Å². The van der Waals surface area contributed by atoms with Gasteiger partial charge >= 0.3 is 0 Å². The fraction of sp³-hybridized carbons (Fsp3) is 0.0694. The van der Waals surface area contributed by atoms with Crippen LogP contribution in [0.25, 0.3) is 188 Å². The third-order valence-electron chi connectivity index (χ3n) is 30.9. The maximum Gasteiger partial charge on any atom is 0.159 e. The number of nitrogens with zero attached hydrogens (tertiary/aromatic N) is 3. The van der Waals surface area contributed by atoms with Crippen molar-refractivity contribution in [1.82, 2.24) is 0 Å². The van der Waals surface area contributed by atoms with Crippen LogP contribution in [0.2, 0.25) is 0 Å². The molecule has 0 bridgehead atoms. The van der Waals surface area contributed by atoms with Crippen molar-refractivity contribution in [3.63, 3.8) is 0 Å². The van der Waals surface area contributed by atoms with Gasteiger partial charge in [-0.2, -0.15) is 0 Å². The molecule has 0 radical (unpaired) electrons. The second-order valence-electron chi connectivity index (χ2n) is 40.5. The Morgan fingerprint density at radius 2 is 0.440 bits per heavy atom. The van der Waals surface area contributed by atoms with Crippen molar-refractivity contribution in [1.29, 1.82) is 0 Å². The maximum atomic E-state index is 9.36. The summed E-state index contributed by atoms with van der Waals surface area (Å²) in [7, 11) is 0. The van der Waals surface area contributed by atoms with Crippen LogP contribution in [0.4, 0.5) is 51.2 Å². The van der Waals surface area contributed by atoms with Gasteiger partial charge in [-0.05, 0) is 247 Å². The molecule has 714 valence electrons.